The van der Waals surface area contributed by atoms with E-state index >= 15 is 0 Å². The Kier molecular flexibility index (Phi) is 6.95. The first-order valence-electron chi connectivity index (χ1n) is 12.8. The summed E-state index contributed by atoms with van der Waals surface area (Å²) in [6, 6.07) is 15.7. The van der Waals surface area contributed by atoms with Crippen LogP contribution in [-0.2, 0) is 7.05 Å². The van der Waals surface area contributed by atoms with Gasteiger partial charge in [0.25, 0.3) is 11.4 Å². The summed E-state index contributed by atoms with van der Waals surface area (Å²) < 4.78 is 1.59. The Morgan fingerprint density at radius 2 is 1.84 bits per heavy atom. The normalized spacial score (nSPS) is 18.9. The molecule has 8 heteroatoms. The molecule has 1 fully saturated rings. The van der Waals surface area contributed by atoms with Gasteiger partial charge in [0.15, 0.2) is 0 Å². The van der Waals surface area contributed by atoms with E-state index in [9.17, 15) is 4.79 Å². The molecule has 0 N–H and O–H groups in total. The van der Waals surface area contributed by atoms with E-state index in [1.54, 1.807) is 23.7 Å². The summed E-state index contributed by atoms with van der Waals surface area (Å²) in [7, 11) is 1.74. The minimum atomic E-state index is -0.0943. The van der Waals surface area contributed by atoms with Gasteiger partial charge in [-0.25, -0.2) is 0 Å². The minimum Gasteiger partial charge on any atom is -0.362 e. The Labute approximate surface area is 228 Å². The highest BCUT2D eigenvalue weighted by Crippen LogP contribution is 2.36. The molecule has 0 aliphatic carbocycles. The molecule has 1 saturated heterocycles. The van der Waals surface area contributed by atoms with E-state index in [1.807, 2.05) is 26.1 Å². The molecule has 5 rings (SSSR count). The molecule has 4 heterocycles. The van der Waals surface area contributed by atoms with Crippen LogP contribution in [0.4, 0.5) is 11.5 Å². The van der Waals surface area contributed by atoms with Crippen LogP contribution < -0.4 is 10.5 Å². The molecular formula is C30H31ClN6O. The van der Waals surface area contributed by atoms with E-state index in [-0.39, 0.29) is 23.7 Å². The number of hydrogen-bond acceptors (Lipinski definition) is 5. The van der Waals surface area contributed by atoms with Gasteiger partial charge in [-0.05, 0) is 68.7 Å². The van der Waals surface area contributed by atoms with Gasteiger partial charge in [-0.2, -0.15) is 0 Å². The first-order chi connectivity index (χ1) is 18.2. The standard InChI is InChI=1S/C30H31ClN6O/c1-18-7-10-24(33-15-18)30(22-9-8-19(2)23(31)13-22)37-17-20(3)36(16-21(37)4)26-14-28(38)35(6)25-11-12-27(32-5)34-29(25)26/h7-15,20-21,30H,16-17H2,1-4,6H3/t20-,21+,30?/m0/s1. The molecule has 1 aromatic carbocycles. The number of nitrogens with zero attached hydrogens (tertiary/aromatic N) is 6. The van der Waals surface area contributed by atoms with Crippen molar-refractivity contribution in [3.63, 3.8) is 0 Å². The Bertz CT molecular complexity index is 1610. The first kappa shape index (κ1) is 25.9. The number of anilines is 1. The topological polar surface area (TPSA) is 58.6 Å². The lowest BCUT2D eigenvalue weighted by Crippen LogP contribution is -2.57. The van der Waals surface area contributed by atoms with E-state index < -0.39 is 0 Å². The summed E-state index contributed by atoms with van der Waals surface area (Å²) >= 11 is 6.58. The number of hydrogen-bond donors (Lipinski definition) is 0. The van der Waals surface area contributed by atoms with Crippen molar-refractivity contribution in [2.45, 2.75) is 45.8 Å². The van der Waals surface area contributed by atoms with E-state index in [0.29, 0.717) is 17.9 Å². The van der Waals surface area contributed by atoms with Gasteiger partial charge in [0.1, 0.15) is 0 Å². The smallest absolute Gasteiger partial charge is 0.270 e. The van der Waals surface area contributed by atoms with Crippen molar-refractivity contribution in [1.82, 2.24) is 19.4 Å². The van der Waals surface area contributed by atoms with Gasteiger partial charge in [0.2, 0.25) is 5.52 Å². The highest BCUT2D eigenvalue weighted by molar-refractivity contribution is 6.31. The lowest BCUT2D eigenvalue weighted by Gasteiger charge is -2.48. The molecular weight excluding hydrogens is 496 g/mol. The predicted octanol–water partition coefficient (Wildman–Crippen LogP) is 5.84. The van der Waals surface area contributed by atoms with Crippen molar-refractivity contribution in [3.8, 4) is 0 Å². The van der Waals surface area contributed by atoms with Crippen LogP contribution in [0.15, 0.2) is 59.5 Å². The SMILES string of the molecule is [C-]#[N+]c1ccc2c(n1)c(N1C[C@@H](C)N(C(c3ccc(C)c(Cl)c3)c3ccc(C)cn3)C[C@@H]1C)cc(=O)n2C. The molecule has 0 radical (unpaired) electrons. The van der Waals surface area contributed by atoms with Crippen molar-refractivity contribution in [2.24, 2.45) is 7.05 Å². The molecule has 3 aromatic heterocycles. The predicted molar refractivity (Wildman–Crippen MR) is 153 cm³/mol. The van der Waals surface area contributed by atoms with Crippen LogP contribution in [0.25, 0.3) is 15.9 Å². The van der Waals surface area contributed by atoms with Gasteiger partial charge < -0.3 is 14.3 Å². The number of rotatable bonds is 4. The van der Waals surface area contributed by atoms with Crippen LogP contribution in [-0.4, -0.2) is 44.6 Å². The van der Waals surface area contributed by atoms with Crippen molar-refractivity contribution >= 4 is 34.1 Å². The first-order valence-corrected chi connectivity index (χ1v) is 13.1. The summed E-state index contributed by atoms with van der Waals surface area (Å²) in [5.41, 5.74) is 6.32. The fraction of sp³-hybridized carbons (Fsp3) is 0.333. The summed E-state index contributed by atoms with van der Waals surface area (Å²) in [6.07, 6.45) is 1.91. The fourth-order valence-corrected chi connectivity index (χ4v) is 5.57. The molecule has 194 valence electrons. The van der Waals surface area contributed by atoms with Gasteiger partial charge >= 0.3 is 0 Å². The Morgan fingerprint density at radius 1 is 1.05 bits per heavy atom. The number of pyridine rings is 3. The van der Waals surface area contributed by atoms with Crippen LogP contribution in [0.5, 0.6) is 0 Å². The number of aromatic nitrogens is 3. The molecule has 4 aromatic rings. The monoisotopic (exact) mass is 526 g/mol. The van der Waals surface area contributed by atoms with Crippen LogP contribution >= 0.6 is 11.6 Å². The summed E-state index contributed by atoms with van der Waals surface area (Å²) in [5.74, 6) is 0.318. The molecule has 0 spiro atoms. The third kappa shape index (κ3) is 4.66. The van der Waals surface area contributed by atoms with Crippen LogP contribution in [0.1, 0.15) is 42.3 Å². The Hall–Kier alpha value is -3.73. The number of benzene rings is 1. The number of halogens is 1. The van der Waals surface area contributed by atoms with E-state index in [1.165, 1.54) is 0 Å². The molecule has 1 unspecified atom stereocenters. The molecule has 0 saturated carbocycles. The number of fused-ring (bicyclic) bond motifs is 1. The van der Waals surface area contributed by atoms with E-state index in [4.69, 9.17) is 23.2 Å². The third-order valence-electron chi connectivity index (χ3n) is 7.57. The maximum atomic E-state index is 12.9. The summed E-state index contributed by atoms with van der Waals surface area (Å²) in [6.45, 7) is 17.3. The average molecular weight is 527 g/mol. The maximum absolute atomic E-state index is 12.9. The zero-order valence-corrected chi connectivity index (χ0v) is 23.1. The third-order valence-corrected chi connectivity index (χ3v) is 7.98. The highest BCUT2D eigenvalue weighted by Gasteiger charge is 2.37. The average Bonchev–Trinajstić information content (AvgIpc) is 2.91. The quantitative estimate of drug-likeness (QED) is 0.313. The molecule has 1 aliphatic rings. The highest BCUT2D eigenvalue weighted by atomic mass is 35.5. The second-order valence-electron chi connectivity index (χ2n) is 10.3. The fourth-order valence-electron chi connectivity index (χ4n) is 5.38. The minimum absolute atomic E-state index is 0.0690. The van der Waals surface area contributed by atoms with Crippen molar-refractivity contribution in [2.75, 3.05) is 18.0 Å². The van der Waals surface area contributed by atoms with E-state index in [2.05, 4.69) is 63.8 Å². The molecule has 0 amide bonds. The van der Waals surface area contributed by atoms with Crippen LogP contribution in [0.2, 0.25) is 5.02 Å². The van der Waals surface area contributed by atoms with Gasteiger partial charge in [0, 0.05) is 49.5 Å². The summed E-state index contributed by atoms with van der Waals surface area (Å²) in [5, 5.41) is 0.743. The van der Waals surface area contributed by atoms with Crippen LogP contribution in [0.3, 0.4) is 0 Å². The maximum Gasteiger partial charge on any atom is 0.270 e. The van der Waals surface area contributed by atoms with Gasteiger partial charge in [-0.15, -0.1) is 4.98 Å². The van der Waals surface area contributed by atoms with Crippen molar-refractivity contribution in [3.05, 3.63) is 104 Å². The Balaban J connectivity index is 1.56. The zero-order chi connectivity index (χ0) is 27.1. The molecule has 0 bridgehead atoms. The van der Waals surface area contributed by atoms with E-state index in [0.717, 1.165) is 45.2 Å². The summed E-state index contributed by atoms with van der Waals surface area (Å²) in [4.78, 5) is 30.6. The second-order valence-corrected chi connectivity index (χ2v) is 10.7. The van der Waals surface area contributed by atoms with Crippen molar-refractivity contribution < 1.29 is 0 Å². The van der Waals surface area contributed by atoms with Gasteiger partial charge in [0.05, 0.1) is 22.9 Å². The number of aryl methyl sites for hydroxylation is 3. The molecule has 1 aliphatic heterocycles. The zero-order valence-electron chi connectivity index (χ0n) is 22.3. The Morgan fingerprint density at radius 3 is 2.53 bits per heavy atom. The largest absolute Gasteiger partial charge is 0.362 e. The number of piperazine rings is 1. The van der Waals surface area contributed by atoms with Gasteiger partial charge in [-0.1, -0.05) is 36.4 Å². The second kappa shape index (κ2) is 10.2. The molecule has 3 atom stereocenters. The lowest BCUT2D eigenvalue weighted by atomic mass is 9.95. The molecule has 38 heavy (non-hydrogen) atoms. The molecule has 7 nitrogen and oxygen atoms in total. The van der Waals surface area contributed by atoms with Crippen LogP contribution in [0, 0.1) is 20.4 Å². The lowest BCUT2D eigenvalue weighted by molar-refractivity contribution is 0.128. The van der Waals surface area contributed by atoms with Crippen molar-refractivity contribution in [1.29, 1.82) is 0 Å². The van der Waals surface area contributed by atoms with Gasteiger partial charge in [-0.3, -0.25) is 14.7 Å².